The Kier molecular flexibility index (Phi) is 8.64. The van der Waals surface area contributed by atoms with Crippen molar-refractivity contribution in [2.24, 2.45) is 11.8 Å². The molecule has 0 bridgehead atoms. The number of rotatable bonds is 7. The minimum Gasteiger partial charge on any atom is -0.376 e. The third kappa shape index (κ3) is 4.89. The van der Waals surface area contributed by atoms with Gasteiger partial charge in [-0.05, 0) is 39.2 Å². The zero-order chi connectivity index (χ0) is 29.0. The molecule has 0 saturated carbocycles. The Morgan fingerprint density at radius 1 is 0.821 bits per heavy atom. The minimum atomic E-state index is -0.676. The van der Waals surface area contributed by atoms with Crippen LogP contribution in [0, 0.1) is 11.8 Å². The molecule has 1 aromatic carbocycles. The van der Waals surface area contributed by atoms with Crippen LogP contribution in [0.2, 0.25) is 0 Å². The second-order valence-corrected chi connectivity index (χ2v) is 18.3. The lowest BCUT2D eigenvalue weighted by Crippen LogP contribution is -2.67. The lowest BCUT2D eigenvalue weighted by atomic mass is 9.60. The Morgan fingerprint density at radius 3 is 1.77 bits per heavy atom. The van der Waals surface area contributed by atoms with Crippen LogP contribution in [-0.4, -0.2) is 60.4 Å². The van der Waals surface area contributed by atoms with Crippen molar-refractivity contribution in [1.82, 2.24) is 0 Å². The van der Waals surface area contributed by atoms with Gasteiger partial charge >= 0.3 is 0 Å². The maximum Gasteiger partial charge on any atom is 0.170 e. The Labute approximate surface area is 240 Å². The molecule has 220 valence electrons. The van der Waals surface area contributed by atoms with Crippen molar-refractivity contribution in [3.05, 3.63) is 47.5 Å². The van der Waals surface area contributed by atoms with E-state index in [9.17, 15) is 0 Å². The van der Waals surface area contributed by atoms with Crippen molar-refractivity contribution in [3.8, 4) is 0 Å². The van der Waals surface area contributed by atoms with Crippen molar-refractivity contribution >= 4 is 7.92 Å². The average molecular weight is 559 g/mol. The number of ether oxygens (including phenoxy) is 4. The van der Waals surface area contributed by atoms with Crippen LogP contribution in [0.15, 0.2) is 36.4 Å². The molecule has 3 aliphatic rings. The average Bonchev–Trinajstić information content (AvgIpc) is 3.27. The highest BCUT2D eigenvalue weighted by molar-refractivity contribution is 7.62. The maximum absolute atomic E-state index is 6.72. The van der Waals surface area contributed by atoms with Crippen LogP contribution in [0.1, 0.15) is 105 Å². The fourth-order valence-electron chi connectivity index (χ4n) is 9.11. The van der Waals surface area contributed by atoms with E-state index in [0.29, 0.717) is 25.0 Å². The Bertz CT molecular complexity index is 1000. The van der Waals surface area contributed by atoms with Crippen LogP contribution >= 0.6 is 7.92 Å². The molecule has 4 atom stereocenters. The molecule has 5 heteroatoms. The largest absolute Gasteiger partial charge is 0.376 e. The summed E-state index contributed by atoms with van der Waals surface area (Å²) in [6.45, 7) is 25.3. The Hall–Kier alpha value is -0.770. The van der Waals surface area contributed by atoms with Crippen molar-refractivity contribution in [2.45, 2.75) is 127 Å². The second-order valence-electron chi connectivity index (χ2n) is 14.4. The summed E-state index contributed by atoms with van der Waals surface area (Å²) in [7, 11) is 3.15. The first kappa shape index (κ1) is 31.2. The van der Waals surface area contributed by atoms with Gasteiger partial charge in [0.05, 0.1) is 24.9 Å². The van der Waals surface area contributed by atoms with Gasteiger partial charge in [0, 0.05) is 38.1 Å². The lowest BCUT2D eigenvalue weighted by molar-refractivity contribution is -0.179. The summed E-state index contributed by atoms with van der Waals surface area (Å²) in [5.41, 5.74) is 2.28. The molecule has 39 heavy (non-hydrogen) atoms. The predicted molar refractivity (Wildman–Crippen MR) is 164 cm³/mol. The van der Waals surface area contributed by atoms with Gasteiger partial charge in [0.15, 0.2) is 5.79 Å². The first-order valence-corrected chi connectivity index (χ1v) is 16.4. The van der Waals surface area contributed by atoms with Crippen LogP contribution in [0.25, 0.3) is 0 Å². The van der Waals surface area contributed by atoms with Crippen molar-refractivity contribution in [3.63, 3.8) is 0 Å². The van der Waals surface area contributed by atoms with E-state index in [1.807, 2.05) is 14.2 Å². The van der Waals surface area contributed by atoms with Crippen LogP contribution in [0.5, 0.6) is 0 Å². The van der Waals surface area contributed by atoms with E-state index in [1.165, 1.54) is 11.1 Å². The molecule has 4 unspecified atom stereocenters. The van der Waals surface area contributed by atoms with E-state index in [4.69, 9.17) is 18.9 Å². The molecule has 0 N–H and O–H groups in total. The van der Waals surface area contributed by atoms with Crippen molar-refractivity contribution in [2.75, 3.05) is 27.4 Å². The normalized spacial score (nSPS) is 34.0. The van der Waals surface area contributed by atoms with Gasteiger partial charge in [-0.3, -0.25) is 0 Å². The summed E-state index contributed by atoms with van der Waals surface area (Å²) in [5.74, 6) is 0.757. The number of methoxy groups -OCH3 is 2. The zero-order valence-corrected chi connectivity index (χ0v) is 27.7. The van der Waals surface area contributed by atoms with Crippen LogP contribution in [-0.2, 0) is 18.9 Å². The first-order valence-electron chi connectivity index (χ1n) is 15.1. The monoisotopic (exact) mass is 558 g/mol. The van der Waals surface area contributed by atoms with Crippen molar-refractivity contribution in [1.29, 1.82) is 0 Å². The molecule has 1 spiro atoms. The summed E-state index contributed by atoms with van der Waals surface area (Å²) in [4.78, 5) is 0. The zero-order valence-electron chi connectivity index (χ0n) is 26.8. The van der Waals surface area contributed by atoms with E-state index in [2.05, 4.69) is 106 Å². The molecule has 0 amide bonds. The molecule has 4 nitrogen and oxygen atoms in total. The molecule has 2 saturated heterocycles. The molecule has 4 rings (SSSR count). The molecule has 2 aliphatic heterocycles. The van der Waals surface area contributed by atoms with Crippen LogP contribution < -0.4 is 0 Å². The minimum absolute atomic E-state index is 0.0137. The van der Waals surface area contributed by atoms with Gasteiger partial charge in [-0.25, -0.2) is 0 Å². The highest BCUT2D eigenvalue weighted by Gasteiger charge is 2.70. The van der Waals surface area contributed by atoms with Gasteiger partial charge in [-0.1, -0.05) is 114 Å². The third-order valence-electron chi connectivity index (χ3n) is 10.1. The highest BCUT2D eigenvalue weighted by Crippen LogP contribution is 2.81. The van der Waals surface area contributed by atoms with Gasteiger partial charge < -0.3 is 18.9 Å². The summed E-state index contributed by atoms with van der Waals surface area (Å²) in [5, 5.41) is -0.216. The molecule has 2 heterocycles. The number of hydrogen-bond acceptors (Lipinski definition) is 4. The van der Waals surface area contributed by atoms with E-state index in [0.717, 1.165) is 12.8 Å². The maximum atomic E-state index is 6.72. The van der Waals surface area contributed by atoms with Gasteiger partial charge in [0.25, 0.3) is 0 Å². The lowest BCUT2D eigenvalue weighted by Gasteiger charge is -2.69. The SMILES string of the molecule is COC1C=CC(OC)(C(C)C)C(c2ccc(C(C)C)cc2)C1(C(C)C)P1C(C)(C)CC2(CC1(C)C)OCCO2. The highest BCUT2D eigenvalue weighted by atomic mass is 31.1. The number of benzene rings is 1. The summed E-state index contributed by atoms with van der Waals surface area (Å²) >= 11 is 0. The molecule has 0 radical (unpaired) electrons. The van der Waals surface area contributed by atoms with E-state index in [-0.39, 0.29) is 33.4 Å². The predicted octanol–water partition coefficient (Wildman–Crippen LogP) is 8.49. The van der Waals surface area contributed by atoms with Crippen LogP contribution in [0.4, 0.5) is 0 Å². The topological polar surface area (TPSA) is 36.9 Å². The third-order valence-corrected chi connectivity index (χ3v) is 14.6. The summed E-state index contributed by atoms with van der Waals surface area (Å²) < 4.78 is 26.1. The molecule has 1 aliphatic carbocycles. The van der Waals surface area contributed by atoms with E-state index < -0.39 is 19.3 Å². The smallest absolute Gasteiger partial charge is 0.170 e. The first-order chi connectivity index (χ1) is 18.1. The standard InChI is InChI=1S/C34H55O4P/c1-23(2)26-13-15-27(16-14-26)29-33(36-12,24(3)4)18-17-28(35-11)34(29,25(5)6)39-30(7,8)21-32(22-31(39,9)10)37-19-20-38-32/h13-18,23-25,28-29H,19-22H2,1-12H3. The van der Waals surface area contributed by atoms with E-state index in [1.54, 1.807) is 0 Å². The molecular formula is C34H55O4P. The Balaban J connectivity index is 2.05. The summed E-state index contributed by atoms with van der Waals surface area (Å²) in [6.07, 6.45) is 6.48. The van der Waals surface area contributed by atoms with Gasteiger partial charge in [0.2, 0.25) is 0 Å². The molecule has 0 aromatic heterocycles. The molecule has 2 fully saturated rings. The van der Waals surface area contributed by atoms with Crippen molar-refractivity contribution < 1.29 is 18.9 Å². The second kappa shape index (κ2) is 10.8. The fraction of sp³-hybridized carbons (Fsp3) is 0.765. The van der Waals surface area contributed by atoms with Gasteiger partial charge in [-0.2, -0.15) is 0 Å². The van der Waals surface area contributed by atoms with Gasteiger partial charge in [-0.15, -0.1) is 0 Å². The number of hydrogen-bond donors (Lipinski definition) is 0. The van der Waals surface area contributed by atoms with E-state index >= 15 is 0 Å². The summed E-state index contributed by atoms with van der Waals surface area (Å²) in [6, 6.07) is 9.46. The van der Waals surface area contributed by atoms with Gasteiger partial charge in [0.1, 0.15) is 0 Å². The Morgan fingerprint density at radius 2 is 1.36 bits per heavy atom. The molecule has 1 aromatic rings. The molecular weight excluding hydrogens is 503 g/mol. The van der Waals surface area contributed by atoms with Crippen LogP contribution in [0.3, 0.4) is 0 Å². The quantitative estimate of drug-likeness (QED) is 0.248. The fourth-order valence-corrected chi connectivity index (χ4v) is 15.2.